The lowest BCUT2D eigenvalue weighted by atomic mass is 10.1. The van der Waals surface area contributed by atoms with Gasteiger partial charge in [0.1, 0.15) is 16.2 Å². The fraction of sp³-hybridized carbons (Fsp3) is 0.125. The van der Waals surface area contributed by atoms with E-state index in [4.69, 9.17) is 13.7 Å². The monoisotopic (exact) mass is 584 g/mol. The van der Waals surface area contributed by atoms with Crippen LogP contribution in [0.15, 0.2) is 114 Å². The molecule has 0 aliphatic carbocycles. The molecule has 0 atom stereocenters. The van der Waals surface area contributed by atoms with E-state index in [0.29, 0.717) is 16.9 Å². The molecule has 1 fully saturated rings. The topological polar surface area (TPSA) is 102 Å². The Balaban J connectivity index is 1.61. The van der Waals surface area contributed by atoms with E-state index in [9.17, 15) is 18.0 Å². The highest BCUT2D eigenvalue weighted by atomic mass is 32.2. The Morgan fingerprint density at radius 1 is 0.643 bits per heavy atom. The maximum absolute atomic E-state index is 13.8. The van der Waals surface area contributed by atoms with Gasteiger partial charge in [-0.3, -0.25) is 9.59 Å². The molecule has 4 aromatic carbocycles. The van der Waals surface area contributed by atoms with Crippen molar-refractivity contribution in [1.82, 2.24) is 0 Å². The lowest BCUT2D eigenvalue weighted by Crippen LogP contribution is -2.41. The fourth-order valence-electron chi connectivity index (χ4n) is 4.42. The quantitative estimate of drug-likeness (QED) is 0.135. The van der Waals surface area contributed by atoms with E-state index in [0.717, 1.165) is 0 Å². The smallest absolute Gasteiger partial charge is 0.339 e. The Morgan fingerprint density at radius 3 is 1.62 bits per heavy atom. The van der Waals surface area contributed by atoms with E-state index in [1.165, 1.54) is 40.4 Å². The van der Waals surface area contributed by atoms with E-state index in [1.807, 2.05) is 12.1 Å². The van der Waals surface area contributed by atoms with Gasteiger partial charge in [-0.25, -0.2) is 10.0 Å². The van der Waals surface area contributed by atoms with E-state index < -0.39 is 21.9 Å². The zero-order chi connectivity index (χ0) is 29.7. The van der Waals surface area contributed by atoms with Crippen molar-refractivity contribution in [2.24, 2.45) is 0 Å². The van der Waals surface area contributed by atoms with Crippen molar-refractivity contribution in [3.8, 4) is 17.2 Å². The summed E-state index contributed by atoms with van der Waals surface area (Å²) in [7, 11) is -4.19. The van der Waals surface area contributed by atoms with Crippen LogP contribution in [0.1, 0.15) is 19.4 Å². The van der Waals surface area contributed by atoms with Gasteiger partial charge in [0.05, 0.1) is 24.6 Å². The first-order chi connectivity index (χ1) is 20.3. The first-order valence-electron chi connectivity index (χ1n) is 13.3. The summed E-state index contributed by atoms with van der Waals surface area (Å²) in [6, 6.07) is 28.3. The molecule has 0 spiro atoms. The average molecular weight is 585 g/mol. The van der Waals surface area contributed by atoms with Crippen LogP contribution in [-0.2, 0) is 19.7 Å². The number of para-hydroxylation sites is 2. The zero-order valence-electron chi connectivity index (χ0n) is 23.0. The van der Waals surface area contributed by atoms with Gasteiger partial charge in [0.2, 0.25) is 0 Å². The van der Waals surface area contributed by atoms with Crippen LogP contribution in [0.4, 0.5) is 11.4 Å². The van der Waals surface area contributed by atoms with Crippen LogP contribution in [0.5, 0.6) is 17.2 Å². The molecule has 2 amide bonds. The summed E-state index contributed by atoms with van der Waals surface area (Å²) in [5, 5.41) is 2.63. The van der Waals surface area contributed by atoms with Crippen molar-refractivity contribution in [2.45, 2.75) is 18.7 Å². The Hall–Kier alpha value is -5.09. The summed E-state index contributed by atoms with van der Waals surface area (Å²) in [4.78, 5) is 27.6. The van der Waals surface area contributed by atoms with Crippen molar-refractivity contribution in [3.05, 3.63) is 114 Å². The van der Waals surface area contributed by atoms with E-state index in [-0.39, 0.29) is 40.9 Å². The summed E-state index contributed by atoms with van der Waals surface area (Å²) in [5.41, 5.74) is 1.25. The zero-order valence-corrected chi connectivity index (χ0v) is 23.8. The third-order valence-electron chi connectivity index (χ3n) is 6.25. The molecule has 0 bridgehead atoms. The number of anilines is 2. The predicted molar refractivity (Wildman–Crippen MR) is 159 cm³/mol. The number of ether oxygens (including phenoxy) is 2. The van der Waals surface area contributed by atoms with Crippen molar-refractivity contribution in [2.75, 3.05) is 23.2 Å². The Bertz CT molecular complexity index is 1670. The maximum atomic E-state index is 13.8. The van der Waals surface area contributed by atoms with Gasteiger partial charge in [-0.2, -0.15) is 8.42 Å². The minimum atomic E-state index is -4.19. The molecule has 0 N–H and O–H groups in total. The van der Waals surface area contributed by atoms with Gasteiger partial charge in [0.25, 0.3) is 11.8 Å². The summed E-state index contributed by atoms with van der Waals surface area (Å²) in [6.07, 6.45) is 1.42. The van der Waals surface area contributed by atoms with Gasteiger partial charge in [0.15, 0.2) is 11.5 Å². The largest absolute Gasteiger partial charge is 0.493 e. The van der Waals surface area contributed by atoms with Crippen LogP contribution < -0.4 is 23.7 Å². The predicted octanol–water partition coefficient (Wildman–Crippen LogP) is 5.63. The minimum absolute atomic E-state index is 0.0271. The van der Waals surface area contributed by atoms with Crippen molar-refractivity contribution >= 4 is 39.4 Å². The molecule has 0 unspecified atom stereocenters. The number of carbonyl (C=O) groups is 2. The molecule has 42 heavy (non-hydrogen) atoms. The van der Waals surface area contributed by atoms with Crippen molar-refractivity contribution in [3.63, 3.8) is 0 Å². The van der Waals surface area contributed by atoms with Crippen LogP contribution >= 0.6 is 0 Å². The lowest BCUT2D eigenvalue weighted by molar-refractivity contribution is -0.116. The van der Waals surface area contributed by atoms with Crippen LogP contribution in [0, 0.1) is 0 Å². The molecule has 0 aromatic heterocycles. The van der Waals surface area contributed by atoms with Crippen molar-refractivity contribution < 1.29 is 31.7 Å². The Labute approximate surface area is 244 Å². The Morgan fingerprint density at radius 2 is 1.12 bits per heavy atom. The second-order valence-corrected chi connectivity index (χ2v) is 10.6. The second-order valence-electron chi connectivity index (χ2n) is 9.02. The summed E-state index contributed by atoms with van der Waals surface area (Å²) in [5.74, 6) is -0.862. The number of nitrogens with zero attached hydrogens (tertiary/aromatic N) is 2. The molecule has 9 nitrogen and oxygen atoms in total. The SMILES string of the molecule is CCOc1cc(OS(=O)(=O)c2ccccc2)c(OCC)cc1C=C1C(=O)N(c2ccccc2)N(c2ccccc2)C1=O. The van der Waals surface area contributed by atoms with Crippen LogP contribution in [0.25, 0.3) is 6.08 Å². The van der Waals surface area contributed by atoms with Crippen LogP contribution in [0.2, 0.25) is 0 Å². The Kier molecular flexibility index (Phi) is 8.26. The number of hydrazine groups is 1. The van der Waals surface area contributed by atoms with Gasteiger partial charge in [-0.15, -0.1) is 0 Å². The van der Waals surface area contributed by atoms with E-state index >= 15 is 0 Å². The fourth-order valence-corrected chi connectivity index (χ4v) is 5.37. The number of benzene rings is 4. The molecule has 1 aliphatic rings. The van der Waals surface area contributed by atoms with Crippen LogP contribution in [0.3, 0.4) is 0 Å². The maximum Gasteiger partial charge on any atom is 0.339 e. The number of hydrogen-bond acceptors (Lipinski definition) is 7. The van der Waals surface area contributed by atoms with Gasteiger partial charge in [-0.05, 0) is 62.4 Å². The van der Waals surface area contributed by atoms with Crippen molar-refractivity contribution in [1.29, 1.82) is 0 Å². The number of rotatable bonds is 10. The highest BCUT2D eigenvalue weighted by molar-refractivity contribution is 7.87. The normalized spacial score (nSPS) is 13.3. The number of carbonyl (C=O) groups excluding carboxylic acids is 2. The molecule has 10 heteroatoms. The molecule has 5 rings (SSSR count). The van der Waals surface area contributed by atoms with E-state index in [1.54, 1.807) is 80.6 Å². The molecular formula is C32H28N2O7S. The minimum Gasteiger partial charge on any atom is -0.493 e. The standard InChI is InChI=1S/C32H28N2O7S/c1-3-39-28-22-30(41-42(37,38)26-18-12-7-13-19-26)29(40-4-2)21-23(28)20-27-31(35)33(24-14-8-5-9-15-24)34(32(27)36)25-16-10-6-11-17-25/h5-22H,3-4H2,1-2H3. The highest BCUT2D eigenvalue weighted by Gasteiger charge is 2.43. The molecule has 0 radical (unpaired) electrons. The summed E-state index contributed by atoms with van der Waals surface area (Å²) < 4.78 is 43.0. The molecule has 1 aliphatic heterocycles. The average Bonchev–Trinajstić information content (AvgIpc) is 3.25. The molecular weight excluding hydrogens is 556 g/mol. The number of hydrogen-bond donors (Lipinski definition) is 0. The van der Waals surface area contributed by atoms with Crippen LogP contribution in [-0.4, -0.2) is 33.4 Å². The number of amides is 2. The highest BCUT2D eigenvalue weighted by Crippen LogP contribution is 2.39. The molecule has 214 valence electrons. The third kappa shape index (κ3) is 5.70. The second kappa shape index (κ2) is 12.2. The molecule has 1 heterocycles. The molecule has 4 aromatic rings. The summed E-state index contributed by atoms with van der Waals surface area (Å²) in [6.45, 7) is 3.93. The first-order valence-corrected chi connectivity index (χ1v) is 14.7. The van der Waals surface area contributed by atoms with Gasteiger partial charge in [0, 0.05) is 11.6 Å². The first kappa shape index (κ1) is 28.4. The van der Waals surface area contributed by atoms with Gasteiger partial charge >= 0.3 is 10.1 Å². The van der Waals surface area contributed by atoms with E-state index in [2.05, 4.69) is 0 Å². The lowest BCUT2D eigenvalue weighted by Gasteiger charge is -2.27. The van der Waals surface area contributed by atoms with Gasteiger partial charge < -0.3 is 13.7 Å². The summed E-state index contributed by atoms with van der Waals surface area (Å²) >= 11 is 0. The molecule has 0 saturated carbocycles. The van der Waals surface area contributed by atoms with Gasteiger partial charge in [-0.1, -0.05) is 54.6 Å². The molecule has 1 saturated heterocycles. The third-order valence-corrected chi connectivity index (χ3v) is 7.50.